The third-order valence-corrected chi connectivity index (χ3v) is 5.14. The number of aromatic amines is 1. The van der Waals surface area contributed by atoms with Gasteiger partial charge in [0.15, 0.2) is 0 Å². The predicted molar refractivity (Wildman–Crippen MR) is 94.5 cm³/mol. The summed E-state index contributed by atoms with van der Waals surface area (Å²) in [5, 5.41) is 1.02. The Kier molecular flexibility index (Phi) is 4.64. The molecule has 24 heavy (non-hydrogen) atoms. The van der Waals surface area contributed by atoms with Crippen LogP contribution < -0.4 is 4.72 Å². The monoisotopic (exact) mass is 349 g/mol. The Morgan fingerprint density at radius 1 is 1.38 bits per heavy atom. The van der Waals surface area contributed by atoms with Crippen LogP contribution in [0.15, 0.2) is 24.3 Å². The Morgan fingerprint density at radius 3 is 2.92 bits per heavy atom. The maximum absolute atomic E-state index is 12.8. The quantitative estimate of drug-likeness (QED) is 0.884. The Labute approximate surface area is 142 Å². The minimum atomic E-state index is -3.19. The Hall–Kier alpha value is -1.86. The molecule has 3 rings (SSSR count). The maximum Gasteiger partial charge on any atom is 0.270 e. The number of sulfonamides is 1. The minimum Gasteiger partial charge on any atom is -0.351 e. The van der Waals surface area contributed by atoms with E-state index in [4.69, 9.17) is 0 Å². The zero-order valence-corrected chi connectivity index (χ0v) is 14.8. The SMILES string of the molecule is Cc1ccc2cc(C(=O)N3CCC[C@H](CNS(C)(=O)=O)C3)[nH]c2c1. The smallest absolute Gasteiger partial charge is 0.270 e. The van der Waals surface area contributed by atoms with Crippen molar-refractivity contribution in [2.45, 2.75) is 19.8 Å². The molecule has 1 fully saturated rings. The van der Waals surface area contributed by atoms with Crippen LogP contribution >= 0.6 is 0 Å². The summed E-state index contributed by atoms with van der Waals surface area (Å²) in [5.41, 5.74) is 2.70. The average molecular weight is 349 g/mol. The van der Waals surface area contributed by atoms with E-state index >= 15 is 0 Å². The number of hydrogen-bond acceptors (Lipinski definition) is 3. The second-order valence-corrected chi connectivity index (χ2v) is 8.49. The van der Waals surface area contributed by atoms with Crippen molar-refractivity contribution in [3.05, 3.63) is 35.5 Å². The zero-order valence-electron chi connectivity index (χ0n) is 14.0. The van der Waals surface area contributed by atoms with Gasteiger partial charge in [0.1, 0.15) is 5.69 Å². The highest BCUT2D eigenvalue weighted by Gasteiger charge is 2.25. The molecule has 2 N–H and O–H groups in total. The van der Waals surface area contributed by atoms with Crippen LogP contribution in [0, 0.1) is 12.8 Å². The van der Waals surface area contributed by atoms with Crippen LogP contribution in [0.2, 0.25) is 0 Å². The van der Waals surface area contributed by atoms with E-state index in [9.17, 15) is 13.2 Å². The first-order valence-electron chi connectivity index (χ1n) is 8.15. The fourth-order valence-corrected chi connectivity index (χ4v) is 3.75. The summed E-state index contributed by atoms with van der Waals surface area (Å²) in [7, 11) is -3.19. The molecule has 7 heteroatoms. The molecule has 0 spiro atoms. The number of H-pyrrole nitrogens is 1. The Morgan fingerprint density at radius 2 is 2.17 bits per heavy atom. The minimum absolute atomic E-state index is 0.0205. The summed E-state index contributed by atoms with van der Waals surface area (Å²) in [4.78, 5) is 17.8. The van der Waals surface area contributed by atoms with Crippen LogP contribution in [0.4, 0.5) is 0 Å². The molecule has 2 heterocycles. The molecule has 0 unspecified atom stereocenters. The molecular weight excluding hydrogens is 326 g/mol. The van der Waals surface area contributed by atoms with Gasteiger partial charge in [-0.15, -0.1) is 0 Å². The normalized spacial score (nSPS) is 18.9. The molecule has 1 amide bonds. The highest BCUT2D eigenvalue weighted by atomic mass is 32.2. The largest absolute Gasteiger partial charge is 0.351 e. The van der Waals surface area contributed by atoms with E-state index in [0.717, 1.165) is 35.6 Å². The predicted octanol–water partition coefficient (Wildman–Crippen LogP) is 1.88. The van der Waals surface area contributed by atoms with Crippen molar-refractivity contribution in [1.29, 1.82) is 0 Å². The summed E-state index contributed by atoms with van der Waals surface area (Å²) < 4.78 is 25.0. The number of likely N-dealkylation sites (tertiary alicyclic amines) is 1. The molecule has 2 aromatic rings. The van der Waals surface area contributed by atoms with Crippen molar-refractivity contribution in [2.24, 2.45) is 5.92 Å². The van der Waals surface area contributed by atoms with Crippen molar-refractivity contribution in [3.63, 3.8) is 0 Å². The van der Waals surface area contributed by atoms with E-state index in [1.165, 1.54) is 0 Å². The molecule has 1 atom stereocenters. The molecule has 1 saturated heterocycles. The summed E-state index contributed by atoms with van der Waals surface area (Å²) in [6.45, 7) is 3.69. The first-order chi connectivity index (χ1) is 11.3. The highest BCUT2D eigenvalue weighted by molar-refractivity contribution is 7.88. The van der Waals surface area contributed by atoms with Crippen LogP contribution in [0.25, 0.3) is 10.9 Å². The van der Waals surface area contributed by atoms with Gasteiger partial charge in [-0.25, -0.2) is 13.1 Å². The standard InChI is InChI=1S/C17H23N3O3S/c1-12-5-6-14-9-16(19-15(14)8-12)17(21)20-7-3-4-13(11-20)10-18-24(2,22)23/h5-6,8-9,13,18-19H,3-4,7,10-11H2,1-2H3/t13-/m1/s1. The topological polar surface area (TPSA) is 82.3 Å². The lowest BCUT2D eigenvalue weighted by Gasteiger charge is -2.32. The van der Waals surface area contributed by atoms with Crippen LogP contribution in [-0.4, -0.2) is 50.1 Å². The molecule has 0 saturated carbocycles. The number of nitrogens with zero attached hydrogens (tertiary/aromatic N) is 1. The van der Waals surface area contributed by atoms with Crippen LogP contribution in [0.3, 0.4) is 0 Å². The van der Waals surface area contributed by atoms with Crippen molar-refractivity contribution in [1.82, 2.24) is 14.6 Å². The zero-order chi connectivity index (χ0) is 17.3. The molecule has 0 radical (unpaired) electrons. The summed E-state index contributed by atoms with van der Waals surface area (Å²) >= 11 is 0. The van der Waals surface area contributed by atoms with E-state index in [2.05, 4.69) is 9.71 Å². The van der Waals surface area contributed by atoms with Gasteiger partial charge in [0.2, 0.25) is 10.0 Å². The molecular formula is C17H23N3O3S. The Balaban J connectivity index is 1.71. The number of hydrogen-bond donors (Lipinski definition) is 2. The van der Waals surface area contributed by atoms with E-state index in [-0.39, 0.29) is 11.8 Å². The van der Waals surface area contributed by atoms with E-state index < -0.39 is 10.0 Å². The maximum atomic E-state index is 12.8. The van der Waals surface area contributed by atoms with Gasteiger partial charge < -0.3 is 9.88 Å². The highest BCUT2D eigenvalue weighted by Crippen LogP contribution is 2.21. The molecule has 1 aliphatic rings. The first kappa shape index (κ1) is 17.0. The fraction of sp³-hybridized carbons (Fsp3) is 0.471. The molecule has 1 aliphatic heterocycles. The van der Waals surface area contributed by atoms with Gasteiger partial charge in [0.25, 0.3) is 5.91 Å². The van der Waals surface area contributed by atoms with Gasteiger partial charge in [-0.1, -0.05) is 12.1 Å². The number of fused-ring (bicyclic) bond motifs is 1. The van der Waals surface area contributed by atoms with Crippen molar-refractivity contribution < 1.29 is 13.2 Å². The molecule has 130 valence electrons. The second-order valence-electron chi connectivity index (χ2n) is 6.65. The molecule has 0 bridgehead atoms. The van der Waals surface area contributed by atoms with E-state index in [0.29, 0.717) is 25.3 Å². The third kappa shape index (κ3) is 3.96. The van der Waals surface area contributed by atoms with E-state index in [1.54, 1.807) is 0 Å². The number of piperidine rings is 1. The van der Waals surface area contributed by atoms with Crippen LogP contribution in [0.5, 0.6) is 0 Å². The number of nitrogens with one attached hydrogen (secondary N) is 2. The molecule has 1 aromatic heterocycles. The van der Waals surface area contributed by atoms with Gasteiger partial charge in [-0.05, 0) is 43.4 Å². The molecule has 0 aliphatic carbocycles. The average Bonchev–Trinajstić information content (AvgIpc) is 2.95. The van der Waals surface area contributed by atoms with E-state index in [1.807, 2.05) is 36.1 Å². The fourth-order valence-electron chi connectivity index (χ4n) is 3.21. The number of aryl methyl sites for hydroxylation is 1. The number of amides is 1. The lowest BCUT2D eigenvalue weighted by atomic mass is 9.98. The van der Waals surface area contributed by atoms with Crippen LogP contribution in [0.1, 0.15) is 28.9 Å². The van der Waals surface area contributed by atoms with Gasteiger partial charge in [0, 0.05) is 30.5 Å². The lowest BCUT2D eigenvalue weighted by Crippen LogP contribution is -2.43. The van der Waals surface area contributed by atoms with Gasteiger partial charge in [-0.3, -0.25) is 4.79 Å². The van der Waals surface area contributed by atoms with Crippen molar-refractivity contribution in [3.8, 4) is 0 Å². The second kappa shape index (κ2) is 6.57. The van der Waals surface area contributed by atoms with Crippen molar-refractivity contribution >= 4 is 26.8 Å². The third-order valence-electron chi connectivity index (χ3n) is 4.45. The lowest BCUT2D eigenvalue weighted by molar-refractivity contribution is 0.0671. The number of carbonyl (C=O) groups excluding carboxylic acids is 1. The molecule has 1 aromatic carbocycles. The molecule has 6 nitrogen and oxygen atoms in total. The summed E-state index contributed by atoms with van der Waals surface area (Å²) in [6.07, 6.45) is 2.98. The summed E-state index contributed by atoms with van der Waals surface area (Å²) in [6, 6.07) is 7.95. The van der Waals surface area contributed by atoms with Crippen LogP contribution in [-0.2, 0) is 10.0 Å². The number of aromatic nitrogens is 1. The number of rotatable bonds is 4. The van der Waals surface area contributed by atoms with Gasteiger partial charge >= 0.3 is 0 Å². The van der Waals surface area contributed by atoms with Crippen molar-refractivity contribution in [2.75, 3.05) is 25.9 Å². The van der Waals surface area contributed by atoms with Gasteiger partial charge in [0.05, 0.1) is 6.26 Å². The number of benzene rings is 1. The Bertz CT molecular complexity index is 857. The number of carbonyl (C=O) groups is 1. The van der Waals surface area contributed by atoms with Gasteiger partial charge in [-0.2, -0.15) is 0 Å². The first-order valence-corrected chi connectivity index (χ1v) is 10.0. The summed E-state index contributed by atoms with van der Waals surface area (Å²) in [5.74, 6) is 0.136.